The molecule has 0 N–H and O–H groups in total. The maximum Gasteiger partial charge on any atom is 0.255 e. The van der Waals surface area contributed by atoms with E-state index in [1.54, 1.807) is 38.2 Å². The van der Waals surface area contributed by atoms with Crippen molar-refractivity contribution in [2.75, 3.05) is 11.9 Å². The zero-order valence-corrected chi connectivity index (χ0v) is 9.91. The van der Waals surface area contributed by atoms with E-state index < -0.39 is 4.87 Å². The second-order valence-electron chi connectivity index (χ2n) is 3.87. The highest BCUT2D eigenvalue weighted by atomic mass is 35.5. The van der Waals surface area contributed by atoms with Gasteiger partial charge in [0.15, 0.2) is 10.7 Å². The molecule has 1 aromatic carbocycles. The van der Waals surface area contributed by atoms with E-state index in [1.807, 2.05) is 0 Å². The van der Waals surface area contributed by atoms with Gasteiger partial charge in [0, 0.05) is 12.6 Å². The first-order valence-corrected chi connectivity index (χ1v) is 5.51. The lowest BCUT2D eigenvalue weighted by Crippen LogP contribution is -2.53. The summed E-state index contributed by atoms with van der Waals surface area (Å²) in [6.45, 7) is 1.74. The van der Waals surface area contributed by atoms with Gasteiger partial charge in [-0.2, -0.15) is 0 Å². The number of hydrogen-bond donors (Lipinski definition) is 0. The van der Waals surface area contributed by atoms with Crippen molar-refractivity contribution in [2.24, 2.45) is 0 Å². The average molecular weight is 238 g/mol. The highest BCUT2D eigenvalue weighted by Gasteiger charge is 2.49. The molecule has 1 amide bonds. The van der Waals surface area contributed by atoms with Gasteiger partial charge in [-0.15, -0.1) is 0 Å². The van der Waals surface area contributed by atoms with Crippen molar-refractivity contribution < 1.29 is 9.59 Å². The monoisotopic (exact) mass is 237 g/mol. The number of carbonyl (C=O) groups is 2. The van der Waals surface area contributed by atoms with E-state index in [1.165, 1.54) is 4.90 Å². The number of carbonyl (C=O) groups excluding carboxylic acids is 2. The van der Waals surface area contributed by atoms with E-state index in [2.05, 4.69) is 0 Å². The molecule has 1 atom stereocenters. The number of alkyl halides is 1. The van der Waals surface area contributed by atoms with Crippen molar-refractivity contribution in [3.05, 3.63) is 29.8 Å². The summed E-state index contributed by atoms with van der Waals surface area (Å²) >= 11 is 6.14. The zero-order valence-electron chi connectivity index (χ0n) is 9.16. The van der Waals surface area contributed by atoms with Crippen LogP contribution in [0.4, 0.5) is 5.69 Å². The van der Waals surface area contributed by atoms with E-state index in [0.29, 0.717) is 17.7 Å². The quantitative estimate of drug-likeness (QED) is 0.555. The molecular formula is C12H12ClNO2. The van der Waals surface area contributed by atoms with E-state index in [9.17, 15) is 9.59 Å². The summed E-state index contributed by atoms with van der Waals surface area (Å²) in [7, 11) is 1.64. The van der Waals surface area contributed by atoms with Crippen molar-refractivity contribution >= 4 is 29.0 Å². The van der Waals surface area contributed by atoms with Gasteiger partial charge in [-0.25, -0.2) is 0 Å². The minimum Gasteiger partial charge on any atom is -0.313 e. The maximum atomic E-state index is 12.1. The summed E-state index contributed by atoms with van der Waals surface area (Å²) in [6.07, 6.45) is 0.297. The highest BCUT2D eigenvalue weighted by molar-refractivity contribution is 6.52. The molecule has 1 unspecified atom stereocenters. The number of anilines is 1. The SMILES string of the molecule is CCC1(Cl)C(=O)c2ccccc2N(C)C1=O. The highest BCUT2D eigenvalue weighted by Crippen LogP contribution is 2.37. The predicted octanol–water partition coefficient (Wildman–Crippen LogP) is 2.23. The van der Waals surface area contributed by atoms with Gasteiger partial charge in [0.1, 0.15) is 0 Å². The fourth-order valence-electron chi connectivity index (χ4n) is 1.96. The fourth-order valence-corrected chi connectivity index (χ4v) is 2.18. The van der Waals surface area contributed by atoms with Gasteiger partial charge in [-0.3, -0.25) is 9.59 Å². The second-order valence-corrected chi connectivity index (χ2v) is 4.51. The van der Waals surface area contributed by atoms with Crippen LogP contribution in [0.2, 0.25) is 0 Å². The number of ketones is 1. The molecule has 3 nitrogen and oxygen atoms in total. The first-order valence-electron chi connectivity index (χ1n) is 5.13. The van der Waals surface area contributed by atoms with Crippen LogP contribution in [-0.4, -0.2) is 23.6 Å². The Labute approximate surface area is 99.0 Å². The van der Waals surface area contributed by atoms with Gasteiger partial charge in [-0.05, 0) is 18.6 Å². The van der Waals surface area contributed by atoms with E-state index >= 15 is 0 Å². The number of halogens is 1. The largest absolute Gasteiger partial charge is 0.313 e. The van der Waals surface area contributed by atoms with E-state index in [0.717, 1.165) is 0 Å². The fraction of sp³-hybridized carbons (Fsp3) is 0.333. The molecular weight excluding hydrogens is 226 g/mol. The topological polar surface area (TPSA) is 37.4 Å². The molecule has 0 aromatic heterocycles. The van der Waals surface area contributed by atoms with Crippen LogP contribution >= 0.6 is 11.6 Å². The number of fused-ring (bicyclic) bond motifs is 1. The Morgan fingerprint density at radius 1 is 1.31 bits per heavy atom. The third kappa shape index (κ3) is 1.28. The normalized spacial score (nSPS) is 24.6. The van der Waals surface area contributed by atoms with Crippen LogP contribution in [0.15, 0.2) is 24.3 Å². The molecule has 0 fully saturated rings. The first kappa shape index (κ1) is 11.1. The molecule has 4 heteroatoms. The molecule has 84 valence electrons. The lowest BCUT2D eigenvalue weighted by molar-refractivity contribution is -0.120. The molecule has 1 aliphatic heterocycles. The van der Waals surface area contributed by atoms with Crippen molar-refractivity contribution in [1.82, 2.24) is 0 Å². The minimum absolute atomic E-state index is 0.296. The van der Waals surface area contributed by atoms with E-state index in [4.69, 9.17) is 11.6 Å². The Balaban J connectivity index is 2.66. The molecule has 1 aliphatic rings. The molecule has 0 saturated carbocycles. The third-order valence-corrected chi connectivity index (χ3v) is 3.60. The summed E-state index contributed by atoms with van der Waals surface area (Å²) in [4.78, 5) is 24.2. The van der Waals surface area contributed by atoms with Crippen molar-refractivity contribution in [3.63, 3.8) is 0 Å². The Morgan fingerprint density at radius 2 is 1.94 bits per heavy atom. The van der Waals surface area contributed by atoms with Crippen LogP contribution in [0.25, 0.3) is 0 Å². The molecule has 0 aliphatic carbocycles. The zero-order chi connectivity index (χ0) is 11.9. The molecule has 0 saturated heterocycles. The number of nitrogens with zero attached hydrogens (tertiary/aromatic N) is 1. The lowest BCUT2D eigenvalue weighted by Gasteiger charge is -2.35. The summed E-state index contributed by atoms with van der Waals surface area (Å²) in [5.41, 5.74) is 1.14. The molecule has 0 spiro atoms. The van der Waals surface area contributed by atoms with Crippen molar-refractivity contribution in [3.8, 4) is 0 Å². The number of rotatable bonds is 1. The van der Waals surface area contributed by atoms with Crippen LogP contribution in [0.5, 0.6) is 0 Å². The van der Waals surface area contributed by atoms with Gasteiger partial charge < -0.3 is 4.90 Å². The Morgan fingerprint density at radius 3 is 2.56 bits per heavy atom. The predicted molar refractivity (Wildman–Crippen MR) is 63.1 cm³/mol. The number of para-hydroxylation sites is 1. The number of hydrogen-bond acceptors (Lipinski definition) is 2. The van der Waals surface area contributed by atoms with Crippen molar-refractivity contribution in [2.45, 2.75) is 18.2 Å². The molecule has 0 radical (unpaired) electrons. The summed E-state index contributed by atoms with van der Waals surface area (Å²) in [6, 6.07) is 7.01. The van der Waals surface area contributed by atoms with Crippen LogP contribution in [0, 0.1) is 0 Å². The van der Waals surface area contributed by atoms with E-state index in [-0.39, 0.29) is 11.7 Å². The Kier molecular flexibility index (Phi) is 2.50. The standard InChI is InChI=1S/C12H12ClNO2/c1-3-12(13)10(15)8-6-4-5-7-9(8)14(2)11(12)16/h4-7H,3H2,1-2H3. The van der Waals surface area contributed by atoms with Crippen LogP contribution in [-0.2, 0) is 4.79 Å². The Hall–Kier alpha value is -1.35. The third-order valence-electron chi connectivity index (χ3n) is 3.00. The second kappa shape index (κ2) is 3.59. The van der Waals surface area contributed by atoms with Gasteiger partial charge in [0.05, 0.1) is 5.69 Å². The van der Waals surface area contributed by atoms with Gasteiger partial charge in [0.2, 0.25) is 0 Å². The number of benzene rings is 1. The molecule has 0 bridgehead atoms. The molecule has 1 aromatic rings. The van der Waals surface area contributed by atoms with Crippen molar-refractivity contribution in [1.29, 1.82) is 0 Å². The maximum absolute atomic E-state index is 12.1. The lowest BCUT2D eigenvalue weighted by atomic mass is 9.88. The number of Topliss-reactive ketones (excluding diaryl/α,β-unsaturated/α-hetero) is 1. The number of amides is 1. The Bertz CT molecular complexity index is 472. The van der Waals surface area contributed by atoms with Gasteiger partial charge in [-0.1, -0.05) is 30.7 Å². The summed E-state index contributed by atoms with van der Waals surface area (Å²) in [5, 5.41) is 0. The van der Waals surface area contributed by atoms with Crippen LogP contribution in [0.1, 0.15) is 23.7 Å². The summed E-state index contributed by atoms with van der Waals surface area (Å²) < 4.78 is 0. The summed E-state index contributed by atoms with van der Waals surface area (Å²) in [5.74, 6) is -0.643. The van der Waals surface area contributed by atoms with Crippen LogP contribution < -0.4 is 4.90 Å². The average Bonchev–Trinajstić information content (AvgIpc) is 2.33. The first-order chi connectivity index (χ1) is 7.52. The molecule has 2 rings (SSSR count). The van der Waals surface area contributed by atoms with Gasteiger partial charge >= 0.3 is 0 Å². The molecule has 1 heterocycles. The molecule has 16 heavy (non-hydrogen) atoms. The van der Waals surface area contributed by atoms with Gasteiger partial charge in [0.25, 0.3) is 5.91 Å². The van der Waals surface area contributed by atoms with Crippen LogP contribution in [0.3, 0.4) is 0 Å². The smallest absolute Gasteiger partial charge is 0.255 e. The minimum atomic E-state index is -1.43.